The number of anilines is 3. The van der Waals surface area contributed by atoms with Crippen molar-refractivity contribution in [2.45, 2.75) is 31.1 Å². The van der Waals surface area contributed by atoms with Gasteiger partial charge < -0.3 is 31.0 Å². The summed E-state index contributed by atoms with van der Waals surface area (Å²) >= 11 is 0. The van der Waals surface area contributed by atoms with Crippen LogP contribution in [-0.2, 0) is 20.2 Å². The minimum absolute atomic E-state index is 0.0374. The first-order chi connectivity index (χ1) is 17.2. The third-order valence-electron chi connectivity index (χ3n) is 5.71. The van der Waals surface area contributed by atoms with Crippen molar-refractivity contribution in [2.24, 2.45) is 0 Å². The minimum atomic E-state index is -2.78. The largest absolute Gasteiger partial charge is 0.495 e. The van der Waals surface area contributed by atoms with E-state index in [-0.39, 0.29) is 42.3 Å². The Hall–Kier alpha value is -3.92. The Kier molecular flexibility index (Phi) is 9.02. The molecule has 0 aromatic heterocycles. The second kappa shape index (κ2) is 12.2. The molecule has 0 amide bonds. The van der Waals surface area contributed by atoms with Gasteiger partial charge in [-0.2, -0.15) is 0 Å². The average molecular weight is 514 g/mol. The van der Waals surface area contributed by atoms with Crippen LogP contribution in [-0.4, -0.2) is 34.8 Å². The molecular formula is C26H31N3O6S. The highest BCUT2D eigenvalue weighted by atomic mass is 32.2. The highest BCUT2D eigenvalue weighted by Gasteiger charge is 2.22. The van der Waals surface area contributed by atoms with Crippen molar-refractivity contribution >= 4 is 33.7 Å². The van der Waals surface area contributed by atoms with Crippen LogP contribution in [0.5, 0.6) is 11.5 Å². The number of nitrogens with one attached hydrogen (secondary N) is 1. The average Bonchev–Trinajstić information content (AvgIpc) is 2.86. The predicted octanol–water partition coefficient (Wildman–Crippen LogP) is 3.67. The number of carbonyl (C=O) groups excluding carboxylic acids is 1. The van der Waals surface area contributed by atoms with Crippen molar-refractivity contribution < 1.29 is 27.4 Å². The van der Waals surface area contributed by atoms with Gasteiger partial charge in [0.1, 0.15) is 16.4 Å². The summed E-state index contributed by atoms with van der Waals surface area (Å²) in [6.45, 7) is 3.99. The summed E-state index contributed by atoms with van der Waals surface area (Å²) in [5.74, 6) is -0.0422. The Morgan fingerprint density at radius 3 is 2.47 bits per heavy atom. The van der Waals surface area contributed by atoms with E-state index in [1.165, 1.54) is 13.2 Å². The van der Waals surface area contributed by atoms with Gasteiger partial charge in [0.25, 0.3) is 0 Å². The van der Waals surface area contributed by atoms with Gasteiger partial charge in [0.2, 0.25) is 0 Å². The molecule has 0 saturated heterocycles. The van der Waals surface area contributed by atoms with Crippen molar-refractivity contribution in [1.29, 1.82) is 0 Å². The van der Waals surface area contributed by atoms with Crippen LogP contribution >= 0.6 is 0 Å². The topological polar surface area (TPSA) is 143 Å². The molecule has 9 nitrogen and oxygen atoms in total. The molecule has 0 bridgehead atoms. The van der Waals surface area contributed by atoms with Gasteiger partial charge in [0, 0.05) is 11.6 Å². The van der Waals surface area contributed by atoms with Gasteiger partial charge in [0.05, 0.1) is 31.5 Å². The fourth-order valence-electron chi connectivity index (χ4n) is 3.82. The van der Waals surface area contributed by atoms with E-state index >= 15 is 0 Å². The van der Waals surface area contributed by atoms with E-state index in [1.807, 2.05) is 25.1 Å². The van der Waals surface area contributed by atoms with Crippen LogP contribution < -0.4 is 26.3 Å². The monoisotopic (exact) mass is 513 g/mol. The van der Waals surface area contributed by atoms with Crippen molar-refractivity contribution in [1.82, 2.24) is 0 Å². The van der Waals surface area contributed by atoms with Crippen LogP contribution in [0.3, 0.4) is 0 Å². The summed E-state index contributed by atoms with van der Waals surface area (Å²) in [7, 11) is -1.28. The maximum Gasteiger partial charge on any atom is 0.306 e. The lowest BCUT2D eigenvalue weighted by Crippen LogP contribution is -2.14. The first-order valence-electron chi connectivity index (χ1n) is 11.3. The van der Waals surface area contributed by atoms with Gasteiger partial charge in [-0.15, -0.1) is 0 Å². The molecule has 0 fully saturated rings. The summed E-state index contributed by atoms with van der Waals surface area (Å²) < 4.78 is 39.2. The van der Waals surface area contributed by atoms with Crippen molar-refractivity contribution in [3.05, 3.63) is 71.3 Å². The maximum atomic E-state index is 12.5. The molecule has 0 aliphatic heterocycles. The lowest BCUT2D eigenvalue weighted by molar-refractivity contribution is -0.143. The Morgan fingerprint density at radius 1 is 1.03 bits per heavy atom. The molecule has 3 aromatic rings. The zero-order chi connectivity index (χ0) is 26.2. The standard InChI is InChI=1S/C26H31N3O6S/c1-4-34-25(30)14-19(18-11-20(27)26(28)23(13-18)33-3)17-10-9-16(2)21(12-17)29-15-35-22-7-5-6-8-24(22)36(31)32/h5-13,19,29,36H,4,14-15,27-28H2,1-3H3. The lowest BCUT2D eigenvalue weighted by Gasteiger charge is -2.21. The first-order valence-corrected chi connectivity index (χ1v) is 12.5. The number of thiol groups is 1. The fraction of sp³-hybridized carbons (Fsp3) is 0.269. The number of ether oxygens (including phenoxy) is 3. The normalized spacial score (nSPS) is 11.7. The number of hydrogen-bond donors (Lipinski definition) is 4. The van der Waals surface area contributed by atoms with E-state index < -0.39 is 10.7 Å². The van der Waals surface area contributed by atoms with E-state index in [4.69, 9.17) is 25.7 Å². The molecular weight excluding hydrogens is 482 g/mol. The molecule has 192 valence electrons. The van der Waals surface area contributed by atoms with Crippen molar-refractivity contribution in [3.8, 4) is 11.5 Å². The van der Waals surface area contributed by atoms with Crippen LogP contribution in [0.4, 0.5) is 17.1 Å². The number of benzene rings is 3. The first kappa shape index (κ1) is 26.7. The third-order valence-corrected chi connectivity index (χ3v) is 6.47. The SMILES string of the molecule is CCOC(=O)CC(c1ccc(C)c(NCOc2ccccc2[SH](=O)=O)c1)c1cc(N)c(N)c(OC)c1. The quantitative estimate of drug-likeness (QED) is 0.131. The number of rotatable bonds is 11. The van der Waals surface area contributed by atoms with Crippen LogP contribution in [0.2, 0.25) is 0 Å². The minimum Gasteiger partial charge on any atom is -0.495 e. The number of para-hydroxylation sites is 1. The van der Waals surface area contributed by atoms with Gasteiger partial charge in [-0.25, -0.2) is 8.42 Å². The summed E-state index contributed by atoms with van der Waals surface area (Å²) in [5.41, 5.74) is 16.1. The molecule has 3 rings (SSSR count). The molecule has 1 unspecified atom stereocenters. The maximum absolute atomic E-state index is 12.5. The number of aryl methyl sites for hydroxylation is 1. The third kappa shape index (κ3) is 6.39. The number of nitrogen functional groups attached to an aromatic ring is 2. The van der Waals surface area contributed by atoms with Gasteiger partial charge in [0.15, 0.2) is 17.4 Å². The van der Waals surface area contributed by atoms with E-state index in [2.05, 4.69) is 5.32 Å². The molecule has 0 radical (unpaired) electrons. The lowest BCUT2D eigenvalue weighted by atomic mass is 9.87. The van der Waals surface area contributed by atoms with Gasteiger partial charge in [-0.05, 0) is 60.9 Å². The number of carbonyl (C=O) groups is 1. The van der Waals surface area contributed by atoms with Crippen LogP contribution in [0, 0.1) is 6.92 Å². The van der Waals surface area contributed by atoms with Crippen molar-refractivity contribution in [2.75, 3.05) is 37.2 Å². The second-order valence-electron chi connectivity index (χ2n) is 8.05. The van der Waals surface area contributed by atoms with E-state index in [0.29, 0.717) is 17.1 Å². The highest BCUT2D eigenvalue weighted by molar-refractivity contribution is 7.72. The van der Waals surface area contributed by atoms with Gasteiger partial charge in [-0.1, -0.05) is 24.3 Å². The van der Waals surface area contributed by atoms with Gasteiger partial charge in [-0.3, -0.25) is 4.79 Å². The van der Waals surface area contributed by atoms with Crippen LogP contribution in [0.25, 0.3) is 0 Å². The number of hydrogen-bond acceptors (Lipinski definition) is 9. The van der Waals surface area contributed by atoms with Gasteiger partial charge >= 0.3 is 5.97 Å². The summed E-state index contributed by atoms with van der Waals surface area (Å²) in [4.78, 5) is 12.6. The molecule has 0 aliphatic rings. The molecule has 0 spiro atoms. The Morgan fingerprint density at radius 2 is 1.78 bits per heavy atom. The number of methoxy groups -OCH3 is 1. The second-order valence-corrected chi connectivity index (χ2v) is 9.05. The highest BCUT2D eigenvalue weighted by Crippen LogP contribution is 2.37. The summed E-state index contributed by atoms with van der Waals surface area (Å²) in [6, 6.07) is 15.7. The Bertz CT molecular complexity index is 1300. The van der Waals surface area contributed by atoms with E-state index in [1.54, 1.807) is 37.3 Å². The molecule has 10 heteroatoms. The molecule has 3 aromatic carbocycles. The summed E-state index contributed by atoms with van der Waals surface area (Å²) in [5, 5.41) is 3.19. The molecule has 5 N–H and O–H groups in total. The smallest absolute Gasteiger partial charge is 0.306 e. The number of nitrogens with two attached hydrogens (primary N) is 2. The molecule has 0 heterocycles. The molecule has 0 saturated carbocycles. The zero-order valence-corrected chi connectivity index (χ0v) is 21.3. The van der Waals surface area contributed by atoms with Crippen LogP contribution in [0.1, 0.15) is 36.0 Å². The predicted molar refractivity (Wildman–Crippen MR) is 140 cm³/mol. The zero-order valence-electron chi connectivity index (χ0n) is 20.4. The molecule has 1 atom stereocenters. The molecule has 0 aliphatic carbocycles. The molecule has 36 heavy (non-hydrogen) atoms. The Balaban J connectivity index is 1.91. The van der Waals surface area contributed by atoms with E-state index in [9.17, 15) is 13.2 Å². The Labute approximate surface area is 212 Å². The van der Waals surface area contributed by atoms with Crippen molar-refractivity contribution in [3.63, 3.8) is 0 Å². The van der Waals surface area contributed by atoms with Crippen LogP contribution in [0.15, 0.2) is 59.5 Å². The number of esters is 1. The fourth-order valence-corrected chi connectivity index (χ4v) is 4.35. The summed E-state index contributed by atoms with van der Waals surface area (Å²) in [6.07, 6.45) is 0.0866. The van der Waals surface area contributed by atoms with E-state index in [0.717, 1.165) is 22.4 Å².